The normalized spacial score (nSPS) is 14.3. The van der Waals surface area contributed by atoms with Crippen LogP contribution in [-0.2, 0) is 25.0 Å². The summed E-state index contributed by atoms with van der Waals surface area (Å²) >= 11 is 0. The van der Waals surface area contributed by atoms with Gasteiger partial charge in [0.1, 0.15) is 10.8 Å². The number of anilines is 1. The van der Waals surface area contributed by atoms with Crippen molar-refractivity contribution in [3.8, 4) is 0 Å². The van der Waals surface area contributed by atoms with Gasteiger partial charge in [-0.2, -0.15) is 16.8 Å². The monoisotopic (exact) mass is 469 g/mol. The lowest BCUT2D eigenvalue weighted by atomic mass is 10.3. The fourth-order valence-electron chi connectivity index (χ4n) is 2.42. The van der Waals surface area contributed by atoms with Gasteiger partial charge in [-0.25, -0.2) is 5.01 Å². The molecule has 0 aromatic heterocycles. The van der Waals surface area contributed by atoms with Gasteiger partial charge in [-0.1, -0.05) is 0 Å². The summed E-state index contributed by atoms with van der Waals surface area (Å²) in [7, 11) is -8.85. The van der Waals surface area contributed by atoms with Crippen LogP contribution in [0.15, 0.2) is 75.1 Å². The van der Waals surface area contributed by atoms with Crippen LogP contribution in [0.4, 0.5) is 11.4 Å². The Hall–Kier alpha value is -3.75. The Morgan fingerprint density at radius 3 is 1.81 bits per heavy atom. The van der Waals surface area contributed by atoms with Crippen molar-refractivity contribution >= 4 is 43.2 Å². The van der Waals surface area contributed by atoms with Gasteiger partial charge < -0.3 is 10.2 Å². The zero-order valence-electron chi connectivity index (χ0n) is 15.1. The second kappa shape index (κ2) is 7.82. The van der Waals surface area contributed by atoms with Gasteiger partial charge in [-0.05, 0) is 48.5 Å². The van der Waals surface area contributed by atoms with Gasteiger partial charge >= 0.3 is 17.6 Å². The minimum atomic E-state index is -4.45. The third-order valence-corrected chi connectivity index (χ3v) is 5.62. The molecule has 15 heteroatoms. The number of hydrazine groups is 1. The van der Waals surface area contributed by atoms with Crippen LogP contribution in [0.2, 0.25) is 0 Å². The summed E-state index contributed by atoms with van der Waals surface area (Å²) in [4.78, 5) is 15.5. The summed E-state index contributed by atoms with van der Waals surface area (Å²) in [5, 5.41) is 23.4. The molecule has 13 nitrogen and oxygen atoms in total. The second-order valence-electron chi connectivity index (χ2n) is 5.94. The van der Waals surface area contributed by atoms with Crippen molar-refractivity contribution in [2.24, 2.45) is 5.11 Å². The third kappa shape index (κ3) is 4.71. The van der Waals surface area contributed by atoms with Crippen LogP contribution in [0.1, 0.15) is 0 Å². The van der Waals surface area contributed by atoms with E-state index in [1.165, 1.54) is 24.3 Å². The van der Waals surface area contributed by atoms with Gasteiger partial charge in [0.25, 0.3) is 20.2 Å². The fraction of sp³-hybridized carbons (Fsp3) is 0. The zero-order valence-corrected chi connectivity index (χ0v) is 16.7. The number of amides is 1. The second-order valence-corrected chi connectivity index (χ2v) is 8.78. The number of aliphatic hydroxyl groups excluding tert-OH is 1. The number of hydrogen-bond acceptors (Lipinski definition) is 9. The van der Waals surface area contributed by atoms with E-state index in [0.29, 0.717) is 0 Å². The standard InChI is InChI=1S/C16H12N4O9S2/c21-15-13(18-17-9-1-5-11(6-2-9)30(24,25)26)14(16(22)23)19-20(15)10-3-7-12(8-4-10)31(27,28)29/h1-8H,(H4,17,19,21,22,23,24,25,26,27,28,29)/p+1. The molecule has 0 radical (unpaired) electrons. The van der Waals surface area contributed by atoms with Crippen molar-refractivity contribution in [2.45, 2.75) is 9.79 Å². The number of nitrogens with one attached hydrogen (secondary N) is 1. The highest BCUT2D eigenvalue weighted by atomic mass is 32.2. The van der Waals surface area contributed by atoms with Crippen molar-refractivity contribution in [1.29, 1.82) is 0 Å². The van der Waals surface area contributed by atoms with Crippen LogP contribution >= 0.6 is 0 Å². The van der Waals surface area contributed by atoms with Crippen LogP contribution in [0.5, 0.6) is 0 Å². The number of aliphatic hydroxyl groups is 2. The smallest absolute Gasteiger partial charge is 0.463 e. The van der Waals surface area contributed by atoms with E-state index < -0.39 is 48.4 Å². The van der Waals surface area contributed by atoms with E-state index in [0.717, 1.165) is 29.3 Å². The van der Waals surface area contributed by atoms with Crippen LogP contribution in [0, 0.1) is 0 Å². The lowest BCUT2D eigenvalue weighted by Gasteiger charge is -2.14. The summed E-state index contributed by atoms with van der Waals surface area (Å²) in [5.74, 6) is -2.16. The van der Waals surface area contributed by atoms with Crippen molar-refractivity contribution in [2.75, 3.05) is 5.01 Å². The van der Waals surface area contributed by atoms with Crippen molar-refractivity contribution in [3.05, 3.63) is 60.2 Å². The molecule has 3 rings (SSSR count). The van der Waals surface area contributed by atoms with Crippen molar-refractivity contribution in [1.82, 2.24) is 5.43 Å². The van der Waals surface area contributed by atoms with Gasteiger partial charge in [0.2, 0.25) is 5.70 Å². The molecule has 0 atom stereocenters. The summed E-state index contributed by atoms with van der Waals surface area (Å²) in [6, 6.07) is 8.87. The molecule has 2 aromatic carbocycles. The summed E-state index contributed by atoms with van der Waals surface area (Å²) in [6.45, 7) is 0. The fourth-order valence-corrected chi connectivity index (χ4v) is 3.38. The number of benzene rings is 2. The summed E-state index contributed by atoms with van der Waals surface area (Å²) in [5.41, 5.74) is 1.53. The molecule has 0 spiro atoms. The summed E-state index contributed by atoms with van der Waals surface area (Å²) in [6.07, 6.45) is 0. The molecule has 1 saturated heterocycles. The molecular formula is C16H13N4O9S2+. The maximum absolute atomic E-state index is 12.6. The molecule has 2 aromatic rings. The van der Waals surface area contributed by atoms with Crippen LogP contribution in [0.25, 0.3) is 0 Å². The molecule has 1 heterocycles. The Morgan fingerprint density at radius 2 is 1.35 bits per heavy atom. The average Bonchev–Trinajstić information content (AvgIpc) is 3.02. The molecule has 0 aliphatic carbocycles. The highest BCUT2D eigenvalue weighted by Crippen LogP contribution is 2.22. The maximum Gasteiger partial charge on any atom is 0.463 e. The first-order valence-electron chi connectivity index (χ1n) is 8.05. The van der Waals surface area contributed by atoms with E-state index in [4.69, 9.17) is 9.11 Å². The van der Waals surface area contributed by atoms with E-state index in [1.54, 1.807) is 0 Å². The summed E-state index contributed by atoms with van der Waals surface area (Å²) < 4.78 is 62.3. The van der Waals surface area contributed by atoms with Crippen molar-refractivity contribution < 1.29 is 45.7 Å². The molecule has 162 valence electrons. The Morgan fingerprint density at radius 1 is 0.871 bits per heavy atom. The Kier molecular flexibility index (Phi) is 5.54. The van der Waals surface area contributed by atoms with Gasteiger partial charge in [0.15, 0.2) is 0 Å². The number of hydrogen-bond donors (Lipinski definition) is 5. The molecular weight excluding hydrogens is 456 g/mol. The van der Waals surface area contributed by atoms with Gasteiger partial charge in [0.05, 0.1) is 20.3 Å². The number of rotatable bonds is 4. The molecule has 0 saturated carbocycles. The highest BCUT2D eigenvalue weighted by molar-refractivity contribution is 7.86. The Bertz CT molecular complexity index is 1350. The lowest BCUT2D eigenvalue weighted by molar-refractivity contribution is -0.121. The zero-order chi connectivity index (χ0) is 23.0. The first kappa shape index (κ1) is 21.9. The Balaban J connectivity index is 1.98. The van der Waals surface area contributed by atoms with Gasteiger partial charge in [-0.15, -0.1) is 0 Å². The maximum atomic E-state index is 12.6. The number of carbonyl (C=O) groups excluding carboxylic acids is 1. The molecule has 1 fully saturated rings. The predicted molar refractivity (Wildman–Crippen MR) is 103 cm³/mol. The van der Waals surface area contributed by atoms with E-state index >= 15 is 0 Å². The SMILES string of the molecule is O=C1C(=[N+]=Nc2ccc(S(=O)(=O)O)cc2)C(=C(O)O)NN1c1ccc(S(=O)(=O)O)cc1. The van der Waals surface area contributed by atoms with E-state index in [-0.39, 0.29) is 16.3 Å². The van der Waals surface area contributed by atoms with Crippen LogP contribution < -0.4 is 10.4 Å². The number of carbonyl (C=O) groups is 1. The molecule has 1 aliphatic rings. The molecule has 1 amide bonds. The average molecular weight is 469 g/mol. The number of nitrogens with zero attached hydrogens (tertiary/aromatic N) is 3. The molecule has 1 aliphatic heterocycles. The van der Waals surface area contributed by atoms with Crippen LogP contribution in [0.3, 0.4) is 0 Å². The van der Waals surface area contributed by atoms with Crippen LogP contribution in [-0.4, -0.2) is 52.6 Å². The first-order chi connectivity index (χ1) is 14.4. The minimum absolute atomic E-state index is 0.0823. The Labute approximate surface area is 174 Å². The molecule has 0 unspecified atom stereocenters. The minimum Gasteiger partial charge on any atom is -0.479 e. The third-order valence-electron chi connectivity index (χ3n) is 3.88. The van der Waals surface area contributed by atoms with Crippen molar-refractivity contribution in [3.63, 3.8) is 0 Å². The molecule has 5 N–H and O–H groups in total. The first-order valence-corrected chi connectivity index (χ1v) is 10.9. The molecule has 31 heavy (non-hydrogen) atoms. The molecule has 0 bridgehead atoms. The highest BCUT2D eigenvalue weighted by Gasteiger charge is 2.45. The van der Waals surface area contributed by atoms with Gasteiger partial charge in [0, 0.05) is 0 Å². The quantitative estimate of drug-likeness (QED) is 0.184. The van der Waals surface area contributed by atoms with Gasteiger partial charge in [-0.3, -0.25) is 19.3 Å². The van der Waals surface area contributed by atoms with E-state index in [1.807, 2.05) is 0 Å². The van der Waals surface area contributed by atoms with E-state index in [2.05, 4.69) is 15.3 Å². The van der Waals surface area contributed by atoms with E-state index in [9.17, 15) is 31.8 Å². The predicted octanol–water partition coefficient (Wildman–Crippen LogP) is 0.749. The lowest BCUT2D eigenvalue weighted by Crippen LogP contribution is -2.34. The largest absolute Gasteiger partial charge is 0.479 e. The topological polar surface area (TPSA) is 208 Å².